The number of amides is 2. The average molecular weight is 501 g/mol. The summed E-state index contributed by atoms with van der Waals surface area (Å²) in [7, 11) is 1.69. The topological polar surface area (TPSA) is 64.7 Å². The molecule has 9 heteroatoms. The molecule has 0 radical (unpaired) electrons. The van der Waals surface area contributed by atoms with Crippen LogP contribution in [0.1, 0.15) is 53.6 Å². The van der Waals surface area contributed by atoms with E-state index < -0.39 is 17.6 Å². The minimum Gasteiger partial charge on any atom is -0.382 e. The van der Waals surface area contributed by atoms with E-state index >= 15 is 0 Å². The molecule has 192 valence electrons. The highest BCUT2D eigenvalue weighted by atomic mass is 19.4. The van der Waals surface area contributed by atoms with Crippen molar-refractivity contribution in [3.8, 4) is 0 Å². The summed E-state index contributed by atoms with van der Waals surface area (Å²) >= 11 is 0. The lowest BCUT2D eigenvalue weighted by molar-refractivity contribution is -0.137. The molecule has 0 bridgehead atoms. The van der Waals surface area contributed by atoms with Gasteiger partial charge in [0.05, 0.1) is 11.1 Å². The minimum absolute atomic E-state index is 0.00102. The van der Waals surface area contributed by atoms with Crippen molar-refractivity contribution >= 4 is 28.9 Å². The van der Waals surface area contributed by atoms with E-state index in [0.29, 0.717) is 18.5 Å². The summed E-state index contributed by atoms with van der Waals surface area (Å²) in [6.45, 7) is 2.90. The van der Waals surface area contributed by atoms with Gasteiger partial charge < -0.3 is 20.4 Å². The summed E-state index contributed by atoms with van der Waals surface area (Å²) < 4.78 is 40.4. The zero-order valence-corrected chi connectivity index (χ0v) is 20.3. The SMILES string of the molecule is CN1C(=O)CCc2ccc(NC(=O)c3ccc(C(F)(F)F)cc3NC3CCN(CC4CC4)CC3)cc21. The third-order valence-corrected chi connectivity index (χ3v) is 7.44. The summed E-state index contributed by atoms with van der Waals surface area (Å²) in [4.78, 5) is 29.3. The maximum absolute atomic E-state index is 13.5. The Morgan fingerprint density at radius 2 is 1.78 bits per heavy atom. The van der Waals surface area contributed by atoms with Gasteiger partial charge in [0.2, 0.25) is 5.91 Å². The molecule has 2 heterocycles. The first-order valence-electron chi connectivity index (χ1n) is 12.6. The molecule has 1 saturated heterocycles. The Morgan fingerprint density at radius 1 is 1.03 bits per heavy atom. The standard InChI is InChI=1S/C27H31F3N4O2/c1-33-24-15-21(7-4-18(24)5-9-25(33)35)32-26(36)22-8-6-19(27(28,29)30)14-23(22)31-20-10-12-34(13-11-20)16-17-2-3-17/h4,6-8,14-15,17,20,31H,2-3,5,9-13,16H2,1H3,(H,32,36). The first-order valence-corrected chi connectivity index (χ1v) is 12.6. The van der Waals surface area contributed by atoms with Crippen LogP contribution in [0.25, 0.3) is 0 Å². The molecular formula is C27H31F3N4O2. The van der Waals surface area contributed by atoms with Gasteiger partial charge >= 0.3 is 6.18 Å². The molecule has 2 amide bonds. The molecule has 6 nitrogen and oxygen atoms in total. The number of nitrogens with zero attached hydrogens (tertiary/aromatic N) is 2. The van der Waals surface area contributed by atoms with Crippen LogP contribution in [-0.4, -0.2) is 49.4 Å². The van der Waals surface area contributed by atoms with Gasteiger partial charge in [0.15, 0.2) is 0 Å². The maximum atomic E-state index is 13.5. The molecule has 3 aliphatic rings. The molecule has 5 rings (SSSR count). The Hall–Kier alpha value is -3.07. The van der Waals surface area contributed by atoms with E-state index in [1.165, 1.54) is 18.9 Å². The van der Waals surface area contributed by atoms with Crippen LogP contribution in [-0.2, 0) is 17.4 Å². The summed E-state index contributed by atoms with van der Waals surface area (Å²) in [5.74, 6) is 0.306. The number of hydrogen-bond acceptors (Lipinski definition) is 4. The van der Waals surface area contributed by atoms with Crippen LogP contribution >= 0.6 is 0 Å². The van der Waals surface area contributed by atoms with Gasteiger partial charge in [0.1, 0.15) is 0 Å². The number of fused-ring (bicyclic) bond motifs is 1. The number of carbonyl (C=O) groups excluding carboxylic acids is 2. The summed E-state index contributed by atoms with van der Waals surface area (Å²) in [6, 6.07) is 8.57. The van der Waals surface area contributed by atoms with Crippen molar-refractivity contribution in [3.05, 3.63) is 53.1 Å². The fourth-order valence-corrected chi connectivity index (χ4v) is 5.09. The number of carbonyl (C=O) groups is 2. The molecule has 0 spiro atoms. The Balaban J connectivity index is 1.34. The maximum Gasteiger partial charge on any atom is 0.416 e. The molecule has 1 aliphatic carbocycles. The smallest absolute Gasteiger partial charge is 0.382 e. The highest BCUT2D eigenvalue weighted by Crippen LogP contribution is 2.35. The zero-order chi connectivity index (χ0) is 25.4. The molecule has 0 unspecified atom stereocenters. The molecule has 0 atom stereocenters. The highest BCUT2D eigenvalue weighted by molar-refractivity contribution is 6.08. The monoisotopic (exact) mass is 500 g/mol. The van der Waals surface area contributed by atoms with Crippen molar-refractivity contribution in [2.24, 2.45) is 5.92 Å². The molecule has 2 aromatic rings. The molecular weight excluding hydrogens is 469 g/mol. The second-order valence-corrected chi connectivity index (χ2v) is 10.2. The predicted octanol–water partition coefficient (Wildman–Crippen LogP) is 5.15. The van der Waals surface area contributed by atoms with E-state index in [0.717, 1.165) is 61.8 Å². The van der Waals surface area contributed by atoms with E-state index in [1.807, 2.05) is 6.07 Å². The van der Waals surface area contributed by atoms with Crippen molar-refractivity contribution in [1.82, 2.24) is 4.90 Å². The summed E-state index contributed by atoms with van der Waals surface area (Å²) in [6.07, 6.45) is 0.781. The third kappa shape index (κ3) is 5.51. The predicted molar refractivity (Wildman–Crippen MR) is 133 cm³/mol. The number of aryl methyl sites for hydroxylation is 1. The number of alkyl halides is 3. The number of benzene rings is 2. The van der Waals surface area contributed by atoms with Gasteiger partial charge in [-0.25, -0.2) is 0 Å². The third-order valence-electron chi connectivity index (χ3n) is 7.44. The van der Waals surface area contributed by atoms with Crippen LogP contribution in [0.15, 0.2) is 36.4 Å². The van der Waals surface area contributed by atoms with Gasteiger partial charge in [-0.05, 0) is 73.9 Å². The van der Waals surface area contributed by atoms with E-state index in [9.17, 15) is 22.8 Å². The van der Waals surface area contributed by atoms with Crippen molar-refractivity contribution < 1.29 is 22.8 Å². The number of nitrogens with one attached hydrogen (secondary N) is 2. The van der Waals surface area contributed by atoms with E-state index in [2.05, 4.69) is 15.5 Å². The molecule has 0 aromatic heterocycles. The zero-order valence-electron chi connectivity index (χ0n) is 20.3. The van der Waals surface area contributed by atoms with Gasteiger partial charge in [-0.1, -0.05) is 6.07 Å². The van der Waals surface area contributed by atoms with Gasteiger partial charge in [-0.3, -0.25) is 9.59 Å². The Labute approximate surface area is 208 Å². The van der Waals surface area contributed by atoms with Gasteiger partial charge in [-0.2, -0.15) is 13.2 Å². The number of rotatable bonds is 6. The second kappa shape index (κ2) is 9.76. The number of piperidine rings is 1. The van der Waals surface area contributed by atoms with E-state index in [-0.39, 0.29) is 23.2 Å². The van der Waals surface area contributed by atoms with Crippen LogP contribution in [0.5, 0.6) is 0 Å². The second-order valence-electron chi connectivity index (χ2n) is 10.2. The van der Waals surface area contributed by atoms with Gasteiger partial charge in [0, 0.05) is 56.2 Å². The fourth-order valence-electron chi connectivity index (χ4n) is 5.09. The number of anilines is 3. The van der Waals surface area contributed by atoms with Crippen LogP contribution in [0.2, 0.25) is 0 Å². The van der Waals surface area contributed by atoms with Crippen LogP contribution in [0, 0.1) is 5.92 Å². The van der Waals surface area contributed by atoms with Crippen molar-refractivity contribution in [3.63, 3.8) is 0 Å². The summed E-state index contributed by atoms with van der Waals surface area (Å²) in [5.41, 5.74) is 1.78. The largest absolute Gasteiger partial charge is 0.416 e. The average Bonchev–Trinajstić information content (AvgIpc) is 3.66. The van der Waals surface area contributed by atoms with Crippen LogP contribution in [0.3, 0.4) is 0 Å². The molecule has 2 aliphatic heterocycles. The van der Waals surface area contributed by atoms with Crippen molar-refractivity contribution in [2.75, 3.05) is 42.2 Å². The molecule has 2 aromatic carbocycles. The fraction of sp³-hybridized carbons (Fsp3) is 0.481. The van der Waals surface area contributed by atoms with E-state index in [4.69, 9.17) is 0 Å². The Bertz CT molecular complexity index is 1150. The van der Waals surface area contributed by atoms with Crippen molar-refractivity contribution in [1.29, 1.82) is 0 Å². The molecule has 36 heavy (non-hydrogen) atoms. The van der Waals surface area contributed by atoms with Gasteiger partial charge in [-0.15, -0.1) is 0 Å². The first kappa shape index (κ1) is 24.6. The molecule has 1 saturated carbocycles. The van der Waals surface area contributed by atoms with Crippen molar-refractivity contribution in [2.45, 2.75) is 50.7 Å². The van der Waals surface area contributed by atoms with Gasteiger partial charge in [0.25, 0.3) is 5.91 Å². The normalized spacial score (nSPS) is 19.2. The number of halogens is 3. The number of hydrogen-bond donors (Lipinski definition) is 2. The van der Waals surface area contributed by atoms with Crippen LogP contribution < -0.4 is 15.5 Å². The lowest BCUT2D eigenvalue weighted by Crippen LogP contribution is -2.40. The number of likely N-dealkylation sites (tertiary alicyclic amines) is 1. The Morgan fingerprint density at radius 3 is 2.47 bits per heavy atom. The lowest BCUT2D eigenvalue weighted by Gasteiger charge is -2.33. The first-order chi connectivity index (χ1) is 17.2. The van der Waals surface area contributed by atoms with E-state index in [1.54, 1.807) is 24.1 Å². The minimum atomic E-state index is -4.51. The Kier molecular flexibility index (Phi) is 6.68. The quantitative estimate of drug-likeness (QED) is 0.576. The van der Waals surface area contributed by atoms with Crippen LogP contribution in [0.4, 0.5) is 30.2 Å². The highest BCUT2D eigenvalue weighted by Gasteiger charge is 2.33. The molecule has 2 fully saturated rings. The molecule has 2 N–H and O–H groups in total. The lowest BCUT2D eigenvalue weighted by atomic mass is 10.0. The summed E-state index contributed by atoms with van der Waals surface area (Å²) in [5, 5.41) is 6.05.